The molecule has 2 heterocycles. The highest BCUT2D eigenvalue weighted by Crippen LogP contribution is 2.27. The molecule has 1 saturated carbocycles. The maximum Gasteiger partial charge on any atom is 0.251 e. The molecular weight excluding hydrogens is 334 g/mol. The van der Waals surface area contributed by atoms with Gasteiger partial charge in [0.1, 0.15) is 0 Å². The van der Waals surface area contributed by atoms with Crippen molar-refractivity contribution >= 4 is 5.91 Å². The van der Waals surface area contributed by atoms with Gasteiger partial charge in [-0.1, -0.05) is 19.3 Å². The minimum Gasteiger partial charge on any atom is -0.349 e. The molecular formula is C23H31N3O. The average molecular weight is 366 g/mol. The molecule has 4 nitrogen and oxygen atoms in total. The zero-order chi connectivity index (χ0) is 18.5. The number of rotatable bonds is 5. The first-order chi connectivity index (χ1) is 13.3. The fourth-order valence-corrected chi connectivity index (χ4v) is 4.63. The first-order valence-electron chi connectivity index (χ1n) is 10.6. The maximum absolute atomic E-state index is 12.8. The molecule has 0 unspecified atom stereocenters. The van der Waals surface area contributed by atoms with Gasteiger partial charge in [-0.15, -0.1) is 0 Å². The van der Waals surface area contributed by atoms with E-state index in [0.29, 0.717) is 12.0 Å². The van der Waals surface area contributed by atoms with Crippen molar-refractivity contribution in [3.8, 4) is 5.69 Å². The predicted molar refractivity (Wildman–Crippen MR) is 109 cm³/mol. The Bertz CT molecular complexity index is 717. The number of carbonyl (C=O) groups is 1. The maximum atomic E-state index is 12.8. The SMILES string of the molecule is O=C(N[C@@H]1CCCC[C@H]1CN1CCCCC1)c1ccc(-n2cccc2)cc1. The number of nitrogens with one attached hydrogen (secondary N) is 1. The highest BCUT2D eigenvalue weighted by atomic mass is 16.1. The van der Waals surface area contributed by atoms with Crippen molar-refractivity contribution < 1.29 is 4.79 Å². The Labute approximate surface area is 162 Å². The summed E-state index contributed by atoms with van der Waals surface area (Å²) in [6.45, 7) is 3.62. The second-order valence-electron chi connectivity index (χ2n) is 8.12. The van der Waals surface area contributed by atoms with E-state index in [4.69, 9.17) is 0 Å². The van der Waals surface area contributed by atoms with Gasteiger partial charge in [0.25, 0.3) is 5.91 Å². The molecule has 1 N–H and O–H groups in total. The van der Waals surface area contributed by atoms with Gasteiger partial charge in [-0.3, -0.25) is 4.79 Å². The van der Waals surface area contributed by atoms with E-state index >= 15 is 0 Å². The van der Waals surface area contributed by atoms with E-state index in [9.17, 15) is 4.79 Å². The Kier molecular flexibility index (Phi) is 5.93. The Morgan fingerprint density at radius 1 is 0.926 bits per heavy atom. The van der Waals surface area contributed by atoms with Gasteiger partial charge >= 0.3 is 0 Å². The average Bonchev–Trinajstić information content (AvgIpc) is 3.25. The summed E-state index contributed by atoms with van der Waals surface area (Å²) in [5, 5.41) is 3.36. The lowest BCUT2D eigenvalue weighted by Gasteiger charge is -2.37. The lowest BCUT2D eigenvalue weighted by atomic mass is 9.83. The van der Waals surface area contributed by atoms with Crippen LogP contribution in [0.1, 0.15) is 55.3 Å². The van der Waals surface area contributed by atoms with Crippen molar-refractivity contribution in [3.05, 3.63) is 54.4 Å². The summed E-state index contributed by atoms with van der Waals surface area (Å²) < 4.78 is 2.05. The molecule has 2 fully saturated rings. The number of benzene rings is 1. The van der Waals surface area contributed by atoms with Gasteiger partial charge in [0, 0.05) is 36.2 Å². The highest BCUT2D eigenvalue weighted by molar-refractivity contribution is 5.94. The third-order valence-electron chi connectivity index (χ3n) is 6.20. The van der Waals surface area contributed by atoms with Gasteiger partial charge in [0.05, 0.1) is 0 Å². The van der Waals surface area contributed by atoms with Crippen LogP contribution in [0.4, 0.5) is 0 Å². The van der Waals surface area contributed by atoms with Crippen LogP contribution in [0.5, 0.6) is 0 Å². The molecule has 2 atom stereocenters. The van der Waals surface area contributed by atoms with Crippen molar-refractivity contribution in [2.24, 2.45) is 5.92 Å². The standard InChI is InChI=1S/C23H31N3O/c27-23(19-10-12-21(13-11-19)26-16-6-7-17-26)24-22-9-3-2-8-20(22)18-25-14-4-1-5-15-25/h6-7,10-13,16-17,20,22H,1-5,8-9,14-15,18H2,(H,24,27)/t20-,22+/m0/s1. The molecule has 1 aromatic carbocycles. The van der Waals surface area contributed by atoms with Crippen LogP contribution in [0.2, 0.25) is 0 Å². The van der Waals surface area contributed by atoms with Crippen LogP contribution in [0.25, 0.3) is 5.69 Å². The molecule has 2 aliphatic rings. The second kappa shape index (κ2) is 8.75. The van der Waals surface area contributed by atoms with Crippen LogP contribution in [-0.2, 0) is 0 Å². The summed E-state index contributed by atoms with van der Waals surface area (Å²) in [4.78, 5) is 15.4. The summed E-state index contributed by atoms with van der Waals surface area (Å²) in [6, 6.07) is 12.2. The molecule has 2 aromatic rings. The summed E-state index contributed by atoms with van der Waals surface area (Å²) in [6.07, 6.45) is 13.0. The molecule has 27 heavy (non-hydrogen) atoms. The lowest BCUT2D eigenvalue weighted by Crippen LogP contribution is -2.47. The molecule has 0 spiro atoms. The van der Waals surface area contributed by atoms with Gasteiger partial charge in [0.2, 0.25) is 0 Å². The Morgan fingerprint density at radius 3 is 2.37 bits per heavy atom. The molecule has 1 aliphatic carbocycles. The summed E-state index contributed by atoms with van der Waals surface area (Å²) >= 11 is 0. The number of likely N-dealkylation sites (tertiary alicyclic amines) is 1. The van der Waals surface area contributed by atoms with E-state index in [0.717, 1.165) is 24.2 Å². The van der Waals surface area contributed by atoms with Gasteiger partial charge in [-0.05, 0) is 81.1 Å². The molecule has 4 heteroatoms. The van der Waals surface area contributed by atoms with Crippen molar-refractivity contribution in [3.63, 3.8) is 0 Å². The normalized spacial score (nSPS) is 23.9. The molecule has 1 aromatic heterocycles. The van der Waals surface area contributed by atoms with Gasteiger partial charge in [0.15, 0.2) is 0 Å². The third kappa shape index (κ3) is 4.62. The molecule has 0 bridgehead atoms. The smallest absolute Gasteiger partial charge is 0.251 e. The Balaban J connectivity index is 1.37. The molecule has 144 valence electrons. The number of nitrogens with zero attached hydrogens (tertiary/aromatic N) is 2. The van der Waals surface area contributed by atoms with E-state index in [1.54, 1.807) is 0 Å². The van der Waals surface area contributed by atoms with Gasteiger partial charge in [-0.2, -0.15) is 0 Å². The molecule has 1 aliphatic heterocycles. The zero-order valence-corrected chi connectivity index (χ0v) is 16.1. The molecule has 1 amide bonds. The fraction of sp³-hybridized carbons (Fsp3) is 0.522. The quantitative estimate of drug-likeness (QED) is 0.860. The Morgan fingerprint density at radius 2 is 1.63 bits per heavy atom. The van der Waals surface area contributed by atoms with E-state index in [1.165, 1.54) is 51.6 Å². The zero-order valence-electron chi connectivity index (χ0n) is 16.1. The van der Waals surface area contributed by atoms with E-state index in [2.05, 4.69) is 14.8 Å². The van der Waals surface area contributed by atoms with Crippen molar-refractivity contribution in [2.45, 2.75) is 51.0 Å². The number of piperidine rings is 1. The molecule has 1 saturated heterocycles. The monoisotopic (exact) mass is 365 g/mol. The molecule has 4 rings (SSSR count). The van der Waals surface area contributed by atoms with Crippen LogP contribution < -0.4 is 5.32 Å². The van der Waals surface area contributed by atoms with Crippen LogP contribution in [0.3, 0.4) is 0 Å². The summed E-state index contributed by atoms with van der Waals surface area (Å²) in [5.41, 5.74) is 1.84. The fourth-order valence-electron chi connectivity index (χ4n) is 4.63. The number of aromatic nitrogens is 1. The Hall–Kier alpha value is -2.07. The van der Waals surface area contributed by atoms with Crippen molar-refractivity contribution in [2.75, 3.05) is 19.6 Å². The summed E-state index contributed by atoms with van der Waals surface area (Å²) in [7, 11) is 0. The van der Waals surface area contributed by atoms with Crippen LogP contribution in [0, 0.1) is 5.92 Å². The number of hydrogen-bond donors (Lipinski definition) is 1. The van der Waals surface area contributed by atoms with Crippen LogP contribution in [0.15, 0.2) is 48.8 Å². The van der Waals surface area contributed by atoms with Crippen LogP contribution >= 0.6 is 0 Å². The molecule has 0 radical (unpaired) electrons. The minimum absolute atomic E-state index is 0.0737. The predicted octanol–water partition coefficient (Wildman–Crippen LogP) is 4.25. The largest absolute Gasteiger partial charge is 0.349 e. The van der Waals surface area contributed by atoms with Crippen molar-refractivity contribution in [1.29, 1.82) is 0 Å². The number of hydrogen-bond acceptors (Lipinski definition) is 2. The highest BCUT2D eigenvalue weighted by Gasteiger charge is 2.28. The number of carbonyl (C=O) groups excluding carboxylic acids is 1. The van der Waals surface area contributed by atoms with Crippen molar-refractivity contribution in [1.82, 2.24) is 14.8 Å². The van der Waals surface area contributed by atoms with E-state index in [1.807, 2.05) is 48.8 Å². The van der Waals surface area contributed by atoms with E-state index in [-0.39, 0.29) is 5.91 Å². The summed E-state index contributed by atoms with van der Waals surface area (Å²) in [5.74, 6) is 0.671. The van der Waals surface area contributed by atoms with Gasteiger partial charge in [-0.25, -0.2) is 0 Å². The van der Waals surface area contributed by atoms with Crippen LogP contribution in [-0.4, -0.2) is 41.1 Å². The van der Waals surface area contributed by atoms with E-state index < -0.39 is 0 Å². The first-order valence-corrected chi connectivity index (χ1v) is 10.6. The minimum atomic E-state index is 0.0737. The second-order valence-corrected chi connectivity index (χ2v) is 8.12. The third-order valence-corrected chi connectivity index (χ3v) is 6.20. The van der Waals surface area contributed by atoms with Gasteiger partial charge < -0.3 is 14.8 Å². The lowest BCUT2D eigenvalue weighted by molar-refractivity contribution is 0.0877. The first kappa shape index (κ1) is 18.3. The topological polar surface area (TPSA) is 37.3 Å². The number of amides is 1.